The number of nitriles is 2. The van der Waals surface area contributed by atoms with E-state index in [9.17, 15) is 10.5 Å². The number of fused-ring (bicyclic) bond motifs is 1. The maximum atomic E-state index is 9.65. The minimum atomic E-state index is -0.345. The number of rotatable bonds is 3. The van der Waals surface area contributed by atoms with Crippen LogP contribution in [0, 0.1) is 22.8 Å². The van der Waals surface area contributed by atoms with Crippen molar-refractivity contribution in [3.63, 3.8) is 0 Å². The molecule has 126 valence electrons. The van der Waals surface area contributed by atoms with E-state index in [1.54, 1.807) is 5.01 Å². The van der Waals surface area contributed by atoms with Crippen LogP contribution in [0.2, 0.25) is 0 Å². The van der Waals surface area contributed by atoms with Gasteiger partial charge in [0.05, 0.1) is 30.3 Å². The van der Waals surface area contributed by atoms with Crippen LogP contribution >= 0.6 is 0 Å². The molecule has 0 amide bonds. The van der Waals surface area contributed by atoms with Gasteiger partial charge >= 0.3 is 0 Å². The Labute approximate surface area is 145 Å². The highest BCUT2D eigenvalue weighted by Gasteiger charge is 2.42. The molecule has 1 fully saturated rings. The average molecular weight is 334 g/mol. The summed E-state index contributed by atoms with van der Waals surface area (Å²) in [5, 5.41) is 26.9. The second-order valence-electron chi connectivity index (χ2n) is 6.43. The molecular weight excluding hydrogens is 316 g/mol. The molecule has 2 N–H and O–H groups in total. The number of nitrogens with zero attached hydrogens (tertiary/aromatic N) is 6. The maximum Gasteiger partial charge on any atom is 0.200 e. The van der Waals surface area contributed by atoms with Crippen molar-refractivity contribution in [3.05, 3.63) is 30.5 Å². The number of piperidine rings is 1. The van der Waals surface area contributed by atoms with Crippen LogP contribution in [-0.4, -0.2) is 50.1 Å². The largest absolute Gasteiger partial charge is 0.346 e. The molecule has 2 aromatic rings. The fraction of sp³-hybridized carbons (Fsp3) is 0.412. The molecule has 0 saturated carbocycles. The smallest absolute Gasteiger partial charge is 0.200 e. The number of aromatic amines is 1. The Hall–Kier alpha value is -3.10. The third-order valence-corrected chi connectivity index (χ3v) is 5.06. The van der Waals surface area contributed by atoms with Gasteiger partial charge < -0.3 is 10.3 Å². The second kappa shape index (κ2) is 6.08. The Morgan fingerprint density at radius 1 is 1.24 bits per heavy atom. The highest BCUT2D eigenvalue weighted by atomic mass is 15.7. The number of hydrogen-bond acceptors (Lipinski definition) is 7. The van der Waals surface area contributed by atoms with E-state index in [0.29, 0.717) is 13.0 Å². The van der Waals surface area contributed by atoms with Crippen LogP contribution in [0.25, 0.3) is 16.6 Å². The van der Waals surface area contributed by atoms with Gasteiger partial charge in [0, 0.05) is 23.4 Å². The second-order valence-corrected chi connectivity index (χ2v) is 6.43. The van der Waals surface area contributed by atoms with Gasteiger partial charge in [0.2, 0.25) is 0 Å². The number of hydrazine groups is 1. The Kier molecular flexibility index (Phi) is 3.75. The van der Waals surface area contributed by atoms with Gasteiger partial charge in [-0.2, -0.15) is 10.5 Å². The molecule has 0 unspecified atom stereocenters. The third-order valence-electron chi connectivity index (χ3n) is 5.06. The fourth-order valence-electron chi connectivity index (χ4n) is 3.76. The van der Waals surface area contributed by atoms with E-state index in [1.807, 2.05) is 23.5 Å². The van der Waals surface area contributed by atoms with Crippen molar-refractivity contribution in [2.24, 2.45) is 0 Å². The van der Waals surface area contributed by atoms with Crippen LogP contribution < -0.4 is 5.32 Å². The summed E-state index contributed by atoms with van der Waals surface area (Å²) in [7, 11) is 0. The Balaban J connectivity index is 1.76. The first-order valence-corrected chi connectivity index (χ1v) is 8.31. The van der Waals surface area contributed by atoms with Crippen LogP contribution in [0.15, 0.2) is 24.8 Å². The van der Waals surface area contributed by atoms with Crippen LogP contribution in [0.5, 0.6) is 0 Å². The molecule has 8 heteroatoms. The maximum absolute atomic E-state index is 9.65. The highest BCUT2D eigenvalue weighted by Crippen LogP contribution is 2.37. The lowest BCUT2D eigenvalue weighted by Gasteiger charge is -2.45. The number of aromatic nitrogens is 3. The van der Waals surface area contributed by atoms with E-state index in [0.717, 1.165) is 48.2 Å². The quantitative estimate of drug-likeness (QED) is 0.816. The predicted octanol–water partition coefficient (Wildman–Crippen LogP) is 1.35. The summed E-state index contributed by atoms with van der Waals surface area (Å²) >= 11 is 0. The molecule has 0 aromatic carbocycles. The van der Waals surface area contributed by atoms with Gasteiger partial charge in [0.25, 0.3) is 0 Å². The van der Waals surface area contributed by atoms with E-state index >= 15 is 0 Å². The van der Waals surface area contributed by atoms with Gasteiger partial charge in [-0.05, 0) is 32.0 Å². The lowest BCUT2D eigenvalue weighted by Crippen LogP contribution is -2.55. The molecule has 8 nitrogen and oxygen atoms in total. The van der Waals surface area contributed by atoms with Crippen molar-refractivity contribution in [1.82, 2.24) is 30.3 Å². The molecule has 0 bridgehead atoms. The van der Waals surface area contributed by atoms with Crippen LogP contribution in [0.4, 0.5) is 0 Å². The lowest BCUT2D eigenvalue weighted by molar-refractivity contribution is -0.0217. The van der Waals surface area contributed by atoms with E-state index in [-0.39, 0.29) is 5.54 Å². The fourth-order valence-corrected chi connectivity index (χ4v) is 3.76. The molecule has 0 atom stereocenters. The first kappa shape index (κ1) is 15.4. The monoisotopic (exact) mass is 334 g/mol. The van der Waals surface area contributed by atoms with Crippen molar-refractivity contribution >= 4 is 16.6 Å². The van der Waals surface area contributed by atoms with E-state index in [4.69, 9.17) is 0 Å². The predicted molar refractivity (Wildman–Crippen MR) is 91.1 cm³/mol. The Morgan fingerprint density at radius 3 is 2.84 bits per heavy atom. The van der Waals surface area contributed by atoms with E-state index in [2.05, 4.69) is 32.5 Å². The number of H-pyrrole nitrogens is 1. The summed E-state index contributed by atoms with van der Waals surface area (Å²) in [4.78, 5) is 11.8. The van der Waals surface area contributed by atoms with Crippen molar-refractivity contribution in [2.75, 3.05) is 19.6 Å². The first-order valence-electron chi connectivity index (χ1n) is 8.31. The van der Waals surface area contributed by atoms with Crippen LogP contribution in [0.3, 0.4) is 0 Å². The molecule has 25 heavy (non-hydrogen) atoms. The highest BCUT2D eigenvalue weighted by molar-refractivity contribution is 5.88. The molecule has 2 aliphatic heterocycles. The van der Waals surface area contributed by atoms with Gasteiger partial charge in [-0.25, -0.2) is 15.0 Å². The zero-order valence-electron chi connectivity index (χ0n) is 13.7. The molecule has 2 aromatic heterocycles. The molecule has 1 saturated heterocycles. The van der Waals surface area contributed by atoms with E-state index < -0.39 is 0 Å². The minimum Gasteiger partial charge on any atom is -0.346 e. The topological polar surface area (TPSA) is 108 Å². The zero-order valence-corrected chi connectivity index (χ0v) is 13.7. The van der Waals surface area contributed by atoms with Crippen molar-refractivity contribution in [3.8, 4) is 12.3 Å². The van der Waals surface area contributed by atoms with Crippen LogP contribution in [0.1, 0.15) is 25.0 Å². The molecule has 4 rings (SSSR count). The summed E-state index contributed by atoms with van der Waals surface area (Å²) in [6.07, 6.45) is 9.66. The molecule has 0 aliphatic carbocycles. The Bertz CT molecular complexity index is 893. The van der Waals surface area contributed by atoms with Gasteiger partial charge in [-0.15, -0.1) is 0 Å². The van der Waals surface area contributed by atoms with Gasteiger partial charge in [-0.3, -0.25) is 5.01 Å². The normalized spacial score (nSPS) is 19.5. The number of hydrogen-bond donors (Lipinski definition) is 2. The summed E-state index contributed by atoms with van der Waals surface area (Å²) in [5.41, 5.74) is 2.22. The molecule has 0 radical (unpaired) electrons. The third kappa shape index (κ3) is 2.48. The number of nitrogens with one attached hydrogen (secondary N) is 2. The molecule has 0 spiro atoms. The van der Waals surface area contributed by atoms with Gasteiger partial charge in [0.1, 0.15) is 12.0 Å². The van der Waals surface area contributed by atoms with Crippen molar-refractivity contribution in [1.29, 1.82) is 10.5 Å². The molecule has 2 aliphatic rings. The van der Waals surface area contributed by atoms with Crippen molar-refractivity contribution < 1.29 is 0 Å². The summed E-state index contributed by atoms with van der Waals surface area (Å²) in [5.74, 6) is 0. The van der Waals surface area contributed by atoms with Gasteiger partial charge in [-0.1, -0.05) is 0 Å². The average Bonchev–Trinajstić information content (AvgIpc) is 3.29. The summed E-state index contributed by atoms with van der Waals surface area (Å²) < 4.78 is 0. The van der Waals surface area contributed by atoms with Crippen molar-refractivity contribution in [2.45, 2.75) is 24.8 Å². The van der Waals surface area contributed by atoms with E-state index in [1.165, 1.54) is 6.33 Å². The summed E-state index contributed by atoms with van der Waals surface area (Å²) in [6, 6.07) is 4.26. The minimum absolute atomic E-state index is 0.345. The first-order chi connectivity index (χ1) is 12.3. The lowest BCUT2D eigenvalue weighted by atomic mass is 9.85. The SMILES string of the molecule is N#CCC1(N2C=C(c3ncnc4[nH]ccc34)CN2C#N)CCNCC1. The standard InChI is InChI=1S/C17H18N8/c18-5-2-17(3-7-20-8-4-17)25-10-13(9-24(25)11-19)15-14-1-6-21-16(14)23-12-22-15/h1,6,10,12,20H,2-4,7-9H2,(H,21,22,23). The van der Waals surface area contributed by atoms with Crippen LogP contribution in [-0.2, 0) is 0 Å². The summed E-state index contributed by atoms with van der Waals surface area (Å²) in [6.45, 7) is 2.14. The Morgan fingerprint density at radius 2 is 2.08 bits per heavy atom. The molecular formula is C17H18N8. The molecule has 4 heterocycles. The zero-order chi connectivity index (χ0) is 17.3. The van der Waals surface area contributed by atoms with Gasteiger partial charge in [0.15, 0.2) is 6.19 Å².